The zero-order valence-electron chi connectivity index (χ0n) is 18.9. The van der Waals surface area contributed by atoms with Crippen LogP contribution in [0.5, 0.6) is 0 Å². The van der Waals surface area contributed by atoms with Crippen LogP contribution in [0.3, 0.4) is 0 Å². The molecule has 1 aliphatic rings. The summed E-state index contributed by atoms with van der Waals surface area (Å²) in [6.07, 6.45) is 10.1. The Labute approximate surface area is 192 Å². The fourth-order valence-corrected chi connectivity index (χ4v) is 4.06. The van der Waals surface area contributed by atoms with Gasteiger partial charge in [-0.2, -0.15) is 0 Å². The Bertz CT molecular complexity index is 1410. The number of aromatic nitrogens is 2. The minimum Gasteiger partial charge on any atom is -0.396 e. The summed E-state index contributed by atoms with van der Waals surface area (Å²) in [5.41, 5.74) is 11.3. The molecule has 0 amide bonds. The topological polar surface area (TPSA) is 43.8 Å². The van der Waals surface area contributed by atoms with Crippen molar-refractivity contribution < 1.29 is 8.78 Å². The van der Waals surface area contributed by atoms with Crippen molar-refractivity contribution in [3.8, 4) is 0 Å². The molecule has 33 heavy (non-hydrogen) atoms. The van der Waals surface area contributed by atoms with Gasteiger partial charge in [-0.1, -0.05) is 60.7 Å². The Balaban J connectivity index is 1.85. The summed E-state index contributed by atoms with van der Waals surface area (Å²) in [4.78, 5) is 4.90. The van der Waals surface area contributed by atoms with Gasteiger partial charge in [-0.05, 0) is 55.5 Å². The van der Waals surface area contributed by atoms with E-state index in [0.717, 1.165) is 23.0 Å². The van der Waals surface area contributed by atoms with Crippen molar-refractivity contribution in [2.75, 3.05) is 5.73 Å². The number of nitrogens with zero attached hydrogens (tertiary/aromatic N) is 2. The number of nitrogen functional groups attached to an aromatic ring is 1. The molecule has 1 heterocycles. The van der Waals surface area contributed by atoms with E-state index in [1.165, 1.54) is 17.7 Å². The zero-order chi connectivity index (χ0) is 23.5. The average Bonchev–Trinajstić information content (AvgIpc) is 3.41. The monoisotopic (exact) mass is 443 g/mol. The first kappa shape index (κ1) is 22.5. The lowest BCUT2D eigenvalue weighted by Crippen LogP contribution is -2.25. The van der Waals surface area contributed by atoms with Gasteiger partial charge in [0.05, 0.1) is 16.7 Å². The third kappa shape index (κ3) is 4.72. The summed E-state index contributed by atoms with van der Waals surface area (Å²) in [6, 6.07) is 11.7. The van der Waals surface area contributed by atoms with E-state index < -0.39 is 5.82 Å². The first-order valence-corrected chi connectivity index (χ1v) is 10.9. The highest BCUT2D eigenvalue weighted by molar-refractivity contribution is 5.76. The smallest absolute Gasteiger partial charge is 0.153 e. The molecule has 0 saturated heterocycles. The van der Waals surface area contributed by atoms with Gasteiger partial charge < -0.3 is 10.3 Å². The lowest BCUT2D eigenvalue weighted by molar-refractivity contribution is 0.615. The average molecular weight is 444 g/mol. The Hall–Kier alpha value is -3.73. The highest BCUT2D eigenvalue weighted by Gasteiger charge is 2.13. The summed E-state index contributed by atoms with van der Waals surface area (Å²) in [7, 11) is 0. The molecule has 5 heteroatoms. The molecule has 0 aliphatic heterocycles. The molecule has 0 radical (unpaired) electrons. The van der Waals surface area contributed by atoms with Crippen molar-refractivity contribution in [3.63, 3.8) is 0 Å². The number of allylic oxidation sites excluding steroid dienone is 5. The van der Waals surface area contributed by atoms with E-state index in [1.807, 2.05) is 36.8 Å². The predicted molar refractivity (Wildman–Crippen MR) is 132 cm³/mol. The number of benzene rings is 2. The van der Waals surface area contributed by atoms with Crippen LogP contribution in [0.15, 0.2) is 66.3 Å². The number of rotatable bonds is 6. The largest absolute Gasteiger partial charge is 0.396 e. The second-order valence-corrected chi connectivity index (χ2v) is 8.40. The van der Waals surface area contributed by atoms with Crippen LogP contribution < -0.4 is 16.6 Å². The van der Waals surface area contributed by atoms with Crippen molar-refractivity contribution in [2.24, 2.45) is 0 Å². The van der Waals surface area contributed by atoms with Gasteiger partial charge in [0.15, 0.2) is 5.82 Å². The third-order valence-corrected chi connectivity index (χ3v) is 5.91. The van der Waals surface area contributed by atoms with Gasteiger partial charge in [0.2, 0.25) is 0 Å². The van der Waals surface area contributed by atoms with E-state index in [2.05, 4.69) is 18.7 Å². The van der Waals surface area contributed by atoms with Crippen LogP contribution in [-0.2, 0) is 12.8 Å². The Morgan fingerprint density at radius 3 is 2.67 bits per heavy atom. The summed E-state index contributed by atoms with van der Waals surface area (Å²) in [6.45, 7) is 8.05. The van der Waals surface area contributed by atoms with Crippen molar-refractivity contribution >= 4 is 29.6 Å². The second kappa shape index (κ2) is 9.41. The van der Waals surface area contributed by atoms with Gasteiger partial charge in [-0.15, -0.1) is 0 Å². The van der Waals surface area contributed by atoms with E-state index in [1.54, 1.807) is 24.3 Å². The van der Waals surface area contributed by atoms with Crippen molar-refractivity contribution in [3.05, 3.63) is 106 Å². The predicted octanol–water partition coefficient (Wildman–Crippen LogP) is 5.01. The van der Waals surface area contributed by atoms with Crippen LogP contribution in [0.2, 0.25) is 0 Å². The molecule has 3 aromatic rings. The molecule has 2 aromatic carbocycles. The number of hydrogen-bond donors (Lipinski definition) is 1. The van der Waals surface area contributed by atoms with Crippen LogP contribution in [-0.4, -0.2) is 9.55 Å². The quantitative estimate of drug-likeness (QED) is 0.544. The van der Waals surface area contributed by atoms with E-state index in [0.29, 0.717) is 35.0 Å². The Kier molecular flexibility index (Phi) is 6.40. The summed E-state index contributed by atoms with van der Waals surface area (Å²) in [5, 5.41) is 0.731. The molecule has 3 nitrogen and oxygen atoms in total. The molecule has 0 unspecified atom stereocenters. The highest BCUT2D eigenvalue weighted by atomic mass is 19.1. The van der Waals surface area contributed by atoms with Crippen LogP contribution in [0, 0.1) is 11.6 Å². The van der Waals surface area contributed by atoms with Crippen LogP contribution in [0.25, 0.3) is 23.9 Å². The molecular formula is C28H27F2N3. The number of anilines is 1. The van der Waals surface area contributed by atoms with Gasteiger partial charge in [-0.3, -0.25) is 0 Å². The first-order chi connectivity index (χ1) is 15.8. The van der Waals surface area contributed by atoms with E-state index in [9.17, 15) is 8.78 Å². The minimum atomic E-state index is -0.451. The molecule has 0 bridgehead atoms. The summed E-state index contributed by atoms with van der Waals surface area (Å²) in [5.74, 6) is -0.700. The Morgan fingerprint density at radius 2 is 1.94 bits per heavy atom. The maximum atomic E-state index is 14.7. The van der Waals surface area contributed by atoms with Crippen molar-refractivity contribution in [1.82, 2.24) is 9.55 Å². The number of imidazole rings is 1. The van der Waals surface area contributed by atoms with Crippen LogP contribution in [0.1, 0.15) is 37.1 Å². The number of halogens is 2. The van der Waals surface area contributed by atoms with E-state index >= 15 is 0 Å². The zero-order valence-corrected chi connectivity index (χ0v) is 18.9. The molecule has 1 aliphatic carbocycles. The molecule has 0 fully saturated rings. The van der Waals surface area contributed by atoms with Gasteiger partial charge in [0.25, 0.3) is 0 Å². The third-order valence-electron chi connectivity index (χ3n) is 5.91. The van der Waals surface area contributed by atoms with E-state index in [-0.39, 0.29) is 11.5 Å². The second-order valence-electron chi connectivity index (χ2n) is 8.40. The van der Waals surface area contributed by atoms with Gasteiger partial charge in [-0.25, -0.2) is 13.8 Å². The number of hydrogen-bond acceptors (Lipinski definition) is 2. The lowest BCUT2D eigenvalue weighted by Gasteiger charge is -2.08. The fourth-order valence-electron chi connectivity index (χ4n) is 4.06. The summed E-state index contributed by atoms with van der Waals surface area (Å²) >= 11 is 0. The molecule has 0 saturated carbocycles. The molecule has 2 N–H and O–H groups in total. The standard InChI is InChI=1S/C28H27F2N3/c1-18(15-22-11-6-7-13-24(22)29)28-32-26(16-21-9-4-5-10-21)20(3)33(28)17-19(2)23-12-8-14-25(31)27(23)30/h4-9,11-14,17H,3,10,15-16,31H2,1-2H3/b19-17+,28-18+. The van der Waals surface area contributed by atoms with Crippen molar-refractivity contribution in [1.29, 1.82) is 0 Å². The van der Waals surface area contributed by atoms with Crippen LogP contribution in [0.4, 0.5) is 14.5 Å². The van der Waals surface area contributed by atoms with E-state index in [4.69, 9.17) is 10.7 Å². The molecule has 168 valence electrons. The van der Waals surface area contributed by atoms with Gasteiger partial charge in [0, 0.05) is 18.2 Å². The van der Waals surface area contributed by atoms with Crippen LogP contribution >= 0.6 is 0 Å². The lowest BCUT2D eigenvalue weighted by atomic mass is 10.1. The number of nitrogens with two attached hydrogens (primary N) is 1. The summed E-state index contributed by atoms with van der Waals surface area (Å²) < 4.78 is 30.8. The minimum absolute atomic E-state index is 0.101. The fraction of sp³-hybridized carbons (Fsp3) is 0.179. The molecule has 0 spiro atoms. The van der Waals surface area contributed by atoms with Gasteiger partial charge >= 0.3 is 0 Å². The molecule has 0 atom stereocenters. The molecule has 1 aromatic heterocycles. The molecular weight excluding hydrogens is 416 g/mol. The van der Waals surface area contributed by atoms with Crippen molar-refractivity contribution in [2.45, 2.75) is 33.1 Å². The Morgan fingerprint density at radius 1 is 1.15 bits per heavy atom. The first-order valence-electron chi connectivity index (χ1n) is 10.9. The maximum absolute atomic E-state index is 14.7. The maximum Gasteiger partial charge on any atom is 0.153 e. The molecule has 4 rings (SSSR count). The van der Waals surface area contributed by atoms with Gasteiger partial charge in [0.1, 0.15) is 11.3 Å². The highest BCUT2D eigenvalue weighted by Crippen LogP contribution is 2.22. The SMILES string of the molecule is C=c1c(CC2=CC=CC2)n/c(=C(/C)Cc2ccccc2F)n1/C=C(\C)c1cccc(N)c1F. The normalized spacial score (nSPS) is 14.5.